The molecule has 3 nitrogen and oxygen atoms in total. The summed E-state index contributed by atoms with van der Waals surface area (Å²) in [5.74, 6) is 0. The molecule has 0 amide bonds. The van der Waals surface area contributed by atoms with Crippen molar-refractivity contribution < 1.29 is 14.9 Å². The van der Waals surface area contributed by atoms with Crippen LogP contribution in [0.1, 0.15) is 12.0 Å². The Bertz CT molecular complexity index is 430. The molecular formula is C12H14Cl2O3S. The van der Waals surface area contributed by atoms with Crippen molar-refractivity contribution in [3.05, 3.63) is 33.8 Å². The van der Waals surface area contributed by atoms with E-state index in [0.29, 0.717) is 22.9 Å². The zero-order valence-corrected chi connectivity index (χ0v) is 11.9. The molecule has 0 bridgehead atoms. The normalized spacial score (nSPS) is 32.5. The van der Waals surface area contributed by atoms with Crippen molar-refractivity contribution in [2.45, 2.75) is 36.6 Å². The Hall–Kier alpha value is 0.0300. The number of rotatable bonds is 2. The fourth-order valence-corrected chi connectivity index (χ4v) is 2.79. The van der Waals surface area contributed by atoms with Crippen LogP contribution < -0.4 is 0 Å². The number of aliphatic hydroxyl groups excluding tert-OH is 2. The summed E-state index contributed by atoms with van der Waals surface area (Å²) < 4.78 is 5.52. The van der Waals surface area contributed by atoms with Gasteiger partial charge in [0.1, 0.15) is 11.5 Å². The van der Waals surface area contributed by atoms with E-state index in [2.05, 4.69) is 12.6 Å². The Balaban J connectivity index is 2.15. The van der Waals surface area contributed by atoms with Gasteiger partial charge in [0, 0.05) is 12.8 Å². The number of aliphatic hydroxyl groups is 2. The molecule has 0 aliphatic carbocycles. The SMILES string of the molecule is O[C@@H]1[C@H](Cc2cccc(Cl)c2Cl)O[C@@H](S)C[C@@H]1O. The molecule has 100 valence electrons. The summed E-state index contributed by atoms with van der Waals surface area (Å²) >= 11 is 16.2. The van der Waals surface area contributed by atoms with Gasteiger partial charge in [-0.05, 0) is 11.6 Å². The number of thiol groups is 1. The van der Waals surface area contributed by atoms with Crippen LogP contribution in [0.25, 0.3) is 0 Å². The summed E-state index contributed by atoms with van der Waals surface area (Å²) in [5, 5.41) is 20.5. The molecule has 2 N–H and O–H groups in total. The topological polar surface area (TPSA) is 49.7 Å². The van der Waals surface area contributed by atoms with Crippen molar-refractivity contribution in [3.63, 3.8) is 0 Å². The number of ether oxygens (including phenoxy) is 1. The lowest BCUT2D eigenvalue weighted by Gasteiger charge is -2.35. The number of hydrogen-bond acceptors (Lipinski definition) is 4. The first-order valence-electron chi connectivity index (χ1n) is 5.61. The Morgan fingerprint density at radius 3 is 2.78 bits per heavy atom. The van der Waals surface area contributed by atoms with Gasteiger partial charge in [-0.15, -0.1) is 12.6 Å². The highest BCUT2D eigenvalue weighted by molar-refractivity contribution is 7.80. The Labute approximate surface area is 121 Å². The molecule has 1 saturated heterocycles. The molecule has 6 heteroatoms. The molecule has 1 aromatic carbocycles. The van der Waals surface area contributed by atoms with Crippen LogP contribution in [0.4, 0.5) is 0 Å². The molecule has 1 aliphatic rings. The van der Waals surface area contributed by atoms with Crippen LogP contribution in [-0.2, 0) is 11.2 Å². The van der Waals surface area contributed by atoms with Crippen molar-refractivity contribution in [2.75, 3.05) is 0 Å². The van der Waals surface area contributed by atoms with Crippen molar-refractivity contribution in [3.8, 4) is 0 Å². The van der Waals surface area contributed by atoms with E-state index in [1.807, 2.05) is 6.07 Å². The standard InChI is InChI=1S/C12H14Cl2O3S/c13-7-3-1-2-6(11(7)14)4-9-12(16)8(15)5-10(18)17-9/h1-3,8-10,12,15-16,18H,4-5H2/t8-,9-,10-,12-/m0/s1. The van der Waals surface area contributed by atoms with Gasteiger partial charge < -0.3 is 14.9 Å². The molecule has 0 aromatic heterocycles. The van der Waals surface area contributed by atoms with Gasteiger partial charge in [-0.25, -0.2) is 0 Å². The molecule has 0 unspecified atom stereocenters. The van der Waals surface area contributed by atoms with Gasteiger partial charge >= 0.3 is 0 Å². The van der Waals surface area contributed by atoms with Gasteiger partial charge in [0.05, 0.1) is 22.3 Å². The minimum Gasteiger partial charge on any atom is -0.390 e. The van der Waals surface area contributed by atoms with E-state index >= 15 is 0 Å². The number of hydrogen-bond donors (Lipinski definition) is 3. The van der Waals surface area contributed by atoms with Crippen LogP contribution in [0.2, 0.25) is 10.0 Å². The maximum absolute atomic E-state index is 9.89. The van der Waals surface area contributed by atoms with Gasteiger partial charge in [-0.3, -0.25) is 0 Å². The lowest BCUT2D eigenvalue weighted by Crippen LogP contribution is -2.47. The van der Waals surface area contributed by atoms with Crippen LogP contribution in [0.5, 0.6) is 0 Å². The van der Waals surface area contributed by atoms with Gasteiger partial charge in [-0.1, -0.05) is 35.3 Å². The molecular weight excluding hydrogens is 295 g/mol. The maximum Gasteiger partial charge on any atom is 0.106 e. The lowest BCUT2D eigenvalue weighted by molar-refractivity contribution is -0.143. The lowest BCUT2D eigenvalue weighted by atomic mass is 9.96. The third-order valence-electron chi connectivity index (χ3n) is 3.00. The van der Waals surface area contributed by atoms with Gasteiger partial charge in [0.25, 0.3) is 0 Å². The molecule has 0 spiro atoms. The maximum atomic E-state index is 9.89. The summed E-state index contributed by atoms with van der Waals surface area (Å²) in [5.41, 5.74) is 0.397. The first-order chi connectivity index (χ1) is 8.49. The van der Waals surface area contributed by atoms with Gasteiger partial charge in [0.2, 0.25) is 0 Å². The molecule has 2 rings (SSSR count). The second kappa shape index (κ2) is 5.99. The minimum atomic E-state index is -0.941. The average molecular weight is 309 g/mol. The van der Waals surface area contributed by atoms with E-state index in [9.17, 15) is 10.2 Å². The largest absolute Gasteiger partial charge is 0.390 e. The van der Waals surface area contributed by atoms with Crippen LogP contribution in [0.3, 0.4) is 0 Å². The molecule has 1 fully saturated rings. The first kappa shape index (κ1) is 14.4. The second-order valence-corrected chi connectivity index (χ2v) is 5.70. The Morgan fingerprint density at radius 1 is 1.33 bits per heavy atom. The third-order valence-corrected chi connectivity index (χ3v) is 4.19. The summed E-state index contributed by atoms with van der Waals surface area (Å²) in [4.78, 5) is 0. The highest BCUT2D eigenvalue weighted by Crippen LogP contribution is 2.30. The quantitative estimate of drug-likeness (QED) is 0.735. The fourth-order valence-electron chi connectivity index (χ4n) is 2.02. The Morgan fingerprint density at radius 2 is 2.06 bits per heavy atom. The van der Waals surface area contributed by atoms with Crippen molar-refractivity contribution in [2.24, 2.45) is 0 Å². The van der Waals surface area contributed by atoms with E-state index < -0.39 is 18.3 Å². The summed E-state index contributed by atoms with van der Waals surface area (Å²) in [7, 11) is 0. The smallest absolute Gasteiger partial charge is 0.106 e. The summed E-state index contributed by atoms with van der Waals surface area (Å²) in [6.45, 7) is 0. The van der Waals surface area contributed by atoms with Crippen molar-refractivity contribution >= 4 is 35.8 Å². The monoisotopic (exact) mass is 308 g/mol. The minimum absolute atomic E-state index is 0.310. The van der Waals surface area contributed by atoms with Gasteiger partial charge in [0.15, 0.2) is 0 Å². The van der Waals surface area contributed by atoms with E-state index in [-0.39, 0.29) is 5.44 Å². The molecule has 1 heterocycles. The van der Waals surface area contributed by atoms with Gasteiger partial charge in [-0.2, -0.15) is 0 Å². The number of benzene rings is 1. The molecule has 0 saturated carbocycles. The predicted molar refractivity (Wildman–Crippen MR) is 74.4 cm³/mol. The van der Waals surface area contributed by atoms with Crippen molar-refractivity contribution in [1.82, 2.24) is 0 Å². The van der Waals surface area contributed by atoms with Crippen LogP contribution in [0, 0.1) is 0 Å². The molecule has 0 radical (unpaired) electrons. The highest BCUT2D eigenvalue weighted by atomic mass is 35.5. The zero-order valence-electron chi connectivity index (χ0n) is 9.46. The predicted octanol–water partition coefficient (Wildman–Crippen LogP) is 2.30. The number of halogens is 2. The molecule has 4 atom stereocenters. The highest BCUT2D eigenvalue weighted by Gasteiger charge is 2.35. The first-order valence-corrected chi connectivity index (χ1v) is 6.89. The van der Waals surface area contributed by atoms with E-state index in [1.165, 1.54) is 0 Å². The van der Waals surface area contributed by atoms with Crippen LogP contribution in [-0.4, -0.2) is 34.0 Å². The summed E-state index contributed by atoms with van der Waals surface area (Å²) in [6.07, 6.45) is -1.61. The third kappa shape index (κ3) is 3.13. The average Bonchev–Trinajstić information content (AvgIpc) is 2.31. The Kier molecular flexibility index (Phi) is 4.80. The van der Waals surface area contributed by atoms with Crippen molar-refractivity contribution in [1.29, 1.82) is 0 Å². The van der Waals surface area contributed by atoms with E-state index in [1.54, 1.807) is 12.1 Å². The summed E-state index contributed by atoms with van der Waals surface area (Å²) in [6, 6.07) is 5.30. The molecule has 1 aromatic rings. The van der Waals surface area contributed by atoms with E-state index in [4.69, 9.17) is 27.9 Å². The molecule has 18 heavy (non-hydrogen) atoms. The fraction of sp³-hybridized carbons (Fsp3) is 0.500. The second-order valence-electron chi connectivity index (χ2n) is 4.34. The molecule has 1 aliphatic heterocycles. The van der Waals surface area contributed by atoms with E-state index in [0.717, 1.165) is 5.56 Å². The van der Waals surface area contributed by atoms with Crippen LogP contribution in [0.15, 0.2) is 18.2 Å². The van der Waals surface area contributed by atoms with Crippen LogP contribution >= 0.6 is 35.8 Å². The zero-order chi connectivity index (χ0) is 13.3.